The summed E-state index contributed by atoms with van der Waals surface area (Å²) in [5, 5.41) is 11.0. The van der Waals surface area contributed by atoms with Crippen LogP contribution in [-0.4, -0.2) is 16.7 Å². The van der Waals surface area contributed by atoms with Crippen molar-refractivity contribution in [2.45, 2.75) is 52.4 Å². The monoisotopic (exact) mass is 488 g/mol. The Morgan fingerprint density at radius 1 is 0.786 bits per heavy atom. The van der Waals surface area contributed by atoms with E-state index in [4.69, 9.17) is 0 Å². The number of aromatic hydroxyl groups is 1. The number of hydrogen-bond acceptors (Lipinski definition) is 3. The second-order valence-corrected chi connectivity index (χ2v) is 10.4. The average molecular weight is 488 g/mol. The Labute approximate surface area is 180 Å². The summed E-state index contributed by atoms with van der Waals surface area (Å²) in [6.07, 6.45) is 0. The van der Waals surface area contributed by atoms with Crippen LogP contribution in [0.25, 0.3) is 5.57 Å². The molecule has 2 aromatic carbocycles. The van der Waals surface area contributed by atoms with Crippen molar-refractivity contribution in [3.05, 3.63) is 67.8 Å². The van der Waals surface area contributed by atoms with E-state index in [1.807, 2.05) is 76.3 Å². The second-order valence-electron chi connectivity index (χ2n) is 9.31. The summed E-state index contributed by atoms with van der Waals surface area (Å²) in [6, 6.07) is 10.7. The molecule has 0 fully saturated rings. The minimum Gasteiger partial charge on any atom is -0.507 e. The number of phenolic OH excluding ortho intramolecular Hbond substituents is 1. The Hall–Kier alpha value is -1.95. The molecule has 0 radical (unpaired) electrons. The normalized spacial score (nSPS) is 15.1. The summed E-state index contributed by atoms with van der Waals surface area (Å²) in [7, 11) is 0. The molecule has 28 heavy (non-hydrogen) atoms. The molecule has 146 valence electrons. The standard InChI is InChI=1S/C24H25IO3/c1-23(2,3)16-11-13(12-17(22(16)28)24(4,5)6)18-19(25)21(27)15-10-8-7-9-14(15)20(18)26/h7-12,28H,1-6H3. The maximum Gasteiger partial charge on any atom is 0.200 e. The summed E-state index contributed by atoms with van der Waals surface area (Å²) in [5.41, 5.74) is 2.90. The number of hydrogen-bond donors (Lipinski definition) is 1. The van der Waals surface area contributed by atoms with Gasteiger partial charge in [0.15, 0.2) is 5.78 Å². The molecule has 0 spiro atoms. The average Bonchev–Trinajstić information content (AvgIpc) is 2.59. The fraction of sp³-hybridized carbons (Fsp3) is 0.333. The van der Waals surface area contributed by atoms with Crippen molar-refractivity contribution in [2.75, 3.05) is 0 Å². The molecular weight excluding hydrogens is 463 g/mol. The van der Waals surface area contributed by atoms with Gasteiger partial charge in [0.05, 0.1) is 3.58 Å². The zero-order chi connectivity index (χ0) is 21.0. The quantitative estimate of drug-likeness (QED) is 0.486. The van der Waals surface area contributed by atoms with Crippen LogP contribution in [0.5, 0.6) is 5.75 Å². The van der Waals surface area contributed by atoms with E-state index in [-0.39, 0.29) is 28.1 Å². The minimum atomic E-state index is -0.314. The van der Waals surface area contributed by atoms with Gasteiger partial charge in [-0.05, 0) is 51.1 Å². The van der Waals surface area contributed by atoms with Gasteiger partial charge in [-0.25, -0.2) is 0 Å². The maximum atomic E-state index is 13.3. The van der Waals surface area contributed by atoms with Crippen LogP contribution in [0, 0.1) is 0 Å². The lowest BCUT2D eigenvalue weighted by Crippen LogP contribution is -2.21. The lowest BCUT2D eigenvalue weighted by Gasteiger charge is -2.29. The number of rotatable bonds is 1. The van der Waals surface area contributed by atoms with Gasteiger partial charge in [-0.15, -0.1) is 0 Å². The second kappa shape index (κ2) is 6.83. The molecule has 2 aromatic rings. The number of allylic oxidation sites excluding steroid dienone is 2. The third-order valence-electron chi connectivity index (χ3n) is 5.08. The van der Waals surface area contributed by atoms with Crippen LogP contribution < -0.4 is 0 Å². The molecule has 3 rings (SSSR count). The van der Waals surface area contributed by atoms with Crippen LogP contribution in [0.2, 0.25) is 0 Å². The third kappa shape index (κ3) is 3.43. The van der Waals surface area contributed by atoms with Crippen molar-refractivity contribution < 1.29 is 14.7 Å². The van der Waals surface area contributed by atoms with Crippen LogP contribution in [0.3, 0.4) is 0 Å². The molecule has 4 heteroatoms. The van der Waals surface area contributed by atoms with E-state index >= 15 is 0 Å². The zero-order valence-electron chi connectivity index (χ0n) is 17.1. The molecule has 0 saturated heterocycles. The molecule has 1 aliphatic rings. The summed E-state index contributed by atoms with van der Waals surface area (Å²) in [6.45, 7) is 12.2. The van der Waals surface area contributed by atoms with E-state index in [1.165, 1.54) is 0 Å². The molecule has 0 atom stereocenters. The van der Waals surface area contributed by atoms with Gasteiger partial charge < -0.3 is 5.11 Å². The molecule has 0 bridgehead atoms. The van der Waals surface area contributed by atoms with Crippen LogP contribution in [0.15, 0.2) is 40.0 Å². The van der Waals surface area contributed by atoms with Crippen molar-refractivity contribution in [3.63, 3.8) is 0 Å². The molecule has 0 saturated carbocycles. The van der Waals surface area contributed by atoms with Gasteiger partial charge in [0.25, 0.3) is 0 Å². The first kappa shape index (κ1) is 20.8. The fourth-order valence-corrected chi connectivity index (χ4v) is 4.37. The van der Waals surface area contributed by atoms with E-state index < -0.39 is 0 Å². The van der Waals surface area contributed by atoms with Crippen molar-refractivity contribution in [3.8, 4) is 5.75 Å². The molecule has 1 N–H and O–H groups in total. The van der Waals surface area contributed by atoms with E-state index in [9.17, 15) is 14.7 Å². The molecule has 0 unspecified atom stereocenters. The predicted molar refractivity (Wildman–Crippen MR) is 122 cm³/mol. The van der Waals surface area contributed by atoms with E-state index in [0.717, 1.165) is 11.1 Å². The summed E-state index contributed by atoms with van der Waals surface area (Å²) < 4.78 is 0.423. The van der Waals surface area contributed by atoms with Crippen LogP contribution in [0.1, 0.15) is 78.9 Å². The number of phenols is 1. The Bertz CT molecular complexity index is 996. The highest BCUT2D eigenvalue weighted by Gasteiger charge is 2.34. The van der Waals surface area contributed by atoms with Crippen molar-refractivity contribution in [2.24, 2.45) is 0 Å². The highest BCUT2D eigenvalue weighted by molar-refractivity contribution is 14.1. The molecule has 0 heterocycles. The largest absolute Gasteiger partial charge is 0.507 e. The highest BCUT2D eigenvalue weighted by Crippen LogP contribution is 2.43. The van der Waals surface area contributed by atoms with Gasteiger partial charge in [-0.1, -0.05) is 65.8 Å². The van der Waals surface area contributed by atoms with Crippen molar-refractivity contribution in [1.29, 1.82) is 0 Å². The SMILES string of the molecule is CC(C)(C)c1cc(C2=C(I)C(=O)c3ccccc3C2=O)cc(C(C)(C)C)c1O. The Morgan fingerprint density at radius 2 is 1.21 bits per heavy atom. The first-order valence-electron chi connectivity index (χ1n) is 9.30. The molecule has 0 aliphatic heterocycles. The maximum absolute atomic E-state index is 13.3. The number of Topliss-reactive ketones (excluding diaryl/α,β-unsaturated/α-hetero) is 2. The molecule has 0 aromatic heterocycles. The van der Waals surface area contributed by atoms with E-state index in [1.54, 1.807) is 24.3 Å². The molecule has 1 aliphatic carbocycles. The van der Waals surface area contributed by atoms with Crippen LogP contribution >= 0.6 is 22.6 Å². The Morgan fingerprint density at radius 3 is 1.64 bits per heavy atom. The molecule has 0 amide bonds. The fourth-order valence-electron chi connectivity index (χ4n) is 3.53. The van der Waals surface area contributed by atoms with Gasteiger partial charge in [0.2, 0.25) is 5.78 Å². The number of fused-ring (bicyclic) bond motifs is 1. The van der Waals surface area contributed by atoms with Gasteiger partial charge in [-0.3, -0.25) is 9.59 Å². The lowest BCUT2D eigenvalue weighted by molar-refractivity contribution is 0.1000. The number of halogens is 1. The van der Waals surface area contributed by atoms with E-state index in [2.05, 4.69) is 0 Å². The smallest absolute Gasteiger partial charge is 0.200 e. The summed E-state index contributed by atoms with van der Waals surface area (Å²) in [4.78, 5) is 26.2. The molecular formula is C24H25IO3. The zero-order valence-corrected chi connectivity index (χ0v) is 19.3. The van der Waals surface area contributed by atoms with Crippen molar-refractivity contribution in [1.82, 2.24) is 0 Å². The lowest BCUT2D eigenvalue weighted by atomic mass is 9.76. The van der Waals surface area contributed by atoms with Gasteiger partial charge in [-0.2, -0.15) is 0 Å². The number of carbonyl (C=O) groups excluding carboxylic acids is 2. The summed E-state index contributed by atoms with van der Waals surface area (Å²) in [5.74, 6) is -0.0205. The van der Waals surface area contributed by atoms with Crippen molar-refractivity contribution >= 4 is 39.7 Å². The molecule has 3 nitrogen and oxygen atoms in total. The van der Waals surface area contributed by atoms with Crippen LogP contribution in [0.4, 0.5) is 0 Å². The Balaban J connectivity index is 2.34. The number of benzene rings is 2. The van der Waals surface area contributed by atoms with Gasteiger partial charge in [0, 0.05) is 27.8 Å². The predicted octanol–water partition coefficient (Wildman–Crippen LogP) is 6.21. The van der Waals surface area contributed by atoms with Crippen LogP contribution in [-0.2, 0) is 10.8 Å². The van der Waals surface area contributed by atoms with Gasteiger partial charge >= 0.3 is 0 Å². The van der Waals surface area contributed by atoms with Gasteiger partial charge in [0.1, 0.15) is 5.75 Å². The first-order chi connectivity index (χ1) is 12.8. The Kier molecular flexibility index (Phi) is 5.07. The number of ketones is 2. The third-order valence-corrected chi connectivity index (χ3v) is 6.11. The first-order valence-corrected chi connectivity index (χ1v) is 10.4. The topological polar surface area (TPSA) is 54.4 Å². The number of carbonyl (C=O) groups is 2. The highest BCUT2D eigenvalue weighted by atomic mass is 127. The summed E-state index contributed by atoms with van der Waals surface area (Å²) >= 11 is 1.98. The van der Waals surface area contributed by atoms with E-state index in [0.29, 0.717) is 25.8 Å². The minimum absolute atomic E-state index is 0.131.